The first-order chi connectivity index (χ1) is 10.1. The van der Waals surface area contributed by atoms with Gasteiger partial charge in [0.15, 0.2) is 5.16 Å². The summed E-state index contributed by atoms with van der Waals surface area (Å²) in [4.78, 5) is 15.1. The van der Waals surface area contributed by atoms with E-state index in [4.69, 9.17) is 9.84 Å². The molecule has 1 aromatic rings. The Bertz CT molecular complexity index is 469. The fourth-order valence-electron chi connectivity index (χ4n) is 2.16. The van der Waals surface area contributed by atoms with Crippen LogP contribution in [0.3, 0.4) is 0 Å². The van der Waals surface area contributed by atoms with E-state index in [0.717, 1.165) is 42.9 Å². The average molecular weight is 312 g/mol. The van der Waals surface area contributed by atoms with Gasteiger partial charge in [-0.05, 0) is 31.1 Å². The molecule has 0 amide bonds. The zero-order chi connectivity index (χ0) is 15.2. The molecule has 0 aliphatic heterocycles. The summed E-state index contributed by atoms with van der Waals surface area (Å²) in [6.45, 7) is 6.74. The zero-order valence-corrected chi connectivity index (χ0v) is 13.6. The summed E-state index contributed by atoms with van der Waals surface area (Å²) in [6.07, 6.45) is 5.42. The second-order valence-corrected chi connectivity index (χ2v) is 6.77. The van der Waals surface area contributed by atoms with Crippen molar-refractivity contribution in [1.29, 1.82) is 0 Å². The molecule has 1 N–H and O–H groups in total. The van der Waals surface area contributed by atoms with Crippen molar-refractivity contribution in [1.82, 2.24) is 9.55 Å². The summed E-state index contributed by atoms with van der Waals surface area (Å²) in [7, 11) is 0. The Morgan fingerprint density at radius 1 is 1.57 bits per heavy atom. The molecule has 0 unspecified atom stereocenters. The van der Waals surface area contributed by atoms with Crippen molar-refractivity contribution >= 4 is 17.7 Å². The van der Waals surface area contributed by atoms with Gasteiger partial charge in [0.2, 0.25) is 0 Å². The lowest BCUT2D eigenvalue weighted by molar-refractivity contribution is -0.133. The number of ether oxygens (including phenoxy) is 1. The minimum absolute atomic E-state index is 0.0483. The third-order valence-corrected chi connectivity index (χ3v) is 4.46. The Balaban J connectivity index is 1.86. The largest absolute Gasteiger partial charge is 0.481 e. The number of aliphatic carboxylic acids is 1. The SMILES string of the molecule is CC(C)c1cnc(SCC(=O)O)n1CCCOCC1CC1. The van der Waals surface area contributed by atoms with E-state index in [0.29, 0.717) is 5.92 Å². The molecule has 1 heterocycles. The Kier molecular flexibility index (Phi) is 6.11. The molecule has 0 aromatic carbocycles. The topological polar surface area (TPSA) is 64.3 Å². The highest BCUT2D eigenvalue weighted by molar-refractivity contribution is 7.99. The van der Waals surface area contributed by atoms with Gasteiger partial charge in [-0.25, -0.2) is 4.98 Å². The van der Waals surface area contributed by atoms with E-state index >= 15 is 0 Å². The fraction of sp³-hybridized carbons (Fsp3) is 0.733. The molecule has 0 radical (unpaired) electrons. The number of carboxylic acids is 1. The quantitative estimate of drug-likeness (QED) is 0.531. The Labute approximate surface area is 130 Å². The van der Waals surface area contributed by atoms with Gasteiger partial charge in [0.1, 0.15) is 0 Å². The van der Waals surface area contributed by atoms with Crippen LogP contribution < -0.4 is 0 Å². The second-order valence-electron chi connectivity index (χ2n) is 5.83. The van der Waals surface area contributed by atoms with E-state index in [1.165, 1.54) is 24.6 Å². The van der Waals surface area contributed by atoms with E-state index in [9.17, 15) is 4.79 Å². The average Bonchev–Trinajstić information content (AvgIpc) is 3.15. The van der Waals surface area contributed by atoms with Gasteiger partial charge < -0.3 is 14.4 Å². The summed E-state index contributed by atoms with van der Waals surface area (Å²) in [5.74, 6) is 0.413. The minimum atomic E-state index is -0.812. The normalized spacial score (nSPS) is 14.8. The molecule has 1 aromatic heterocycles. The molecule has 21 heavy (non-hydrogen) atoms. The predicted molar refractivity (Wildman–Crippen MR) is 82.8 cm³/mol. The number of imidazole rings is 1. The van der Waals surface area contributed by atoms with Crippen LogP contribution in [0.15, 0.2) is 11.4 Å². The summed E-state index contributed by atoms with van der Waals surface area (Å²) < 4.78 is 7.80. The van der Waals surface area contributed by atoms with E-state index < -0.39 is 5.97 Å². The lowest BCUT2D eigenvalue weighted by Gasteiger charge is -2.13. The van der Waals surface area contributed by atoms with Crippen LogP contribution in [0.4, 0.5) is 0 Å². The molecule has 118 valence electrons. The molecule has 2 rings (SSSR count). The molecule has 0 bridgehead atoms. The molecular formula is C15H24N2O3S. The lowest BCUT2D eigenvalue weighted by atomic mass is 10.1. The van der Waals surface area contributed by atoms with Crippen molar-refractivity contribution in [3.8, 4) is 0 Å². The summed E-state index contributed by atoms with van der Waals surface area (Å²) >= 11 is 1.28. The number of rotatable bonds is 10. The van der Waals surface area contributed by atoms with Crippen LogP contribution in [0.1, 0.15) is 44.7 Å². The number of carboxylic acid groups (broad SMARTS) is 1. The lowest BCUT2D eigenvalue weighted by Crippen LogP contribution is -2.10. The highest BCUT2D eigenvalue weighted by Gasteiger charge is 2.21. The van der Waals surface area contributed by atoms with E-state index in [1.807, 2.05) is 6.20 Å². The number of hydrogen-bond acceptors (Lipinski definition) is 4. The number of hydrogen-bond donors (Lipinski definition) is 1. The Hall–Kier alpha value is -1.01. The van der Waals surface area contributed by atoms with Crippen molar-refractivity contribution in [3.63, 3.8) is 0 Å². The van der Waals surface area contributed by atoms with Crippen LogP contribution in [0.5, 0.6) is 0 Å². The van der Waals surface area contributed by atoms with Crippen LogP contribution >= 0.6 is 11.8 Å². The van der Waals surface area contributed by atoms with E-state index in [1.54, 1.807) is 0 Å². The first-order valence-corrected chi connectivity index (χ1v) is 8.54. The molecule has 5 nitrogen and oxygen atoms in total. The van der Waals surface area contributed by atoms with Crippen molar-refractivity contribution < 1.29 is 14.6 Å². The van der Waals surface area contributed by atoms with Crippen LogP contribution in [0, 0.1) is 5.92 Å². The van der Waals surface area contributed by atoms with E-state index in [-0.39, 0.29) is 5.75 Å². The molecule has 1 aliphatic carbocycles. The van der Waals surface area contributed by atoms with Gasteiger partial charge in [0, 0.05) is 31.6 Å². The highest BCUT2D eigenvalue weighted by Crippen LogP contribution is 2.29. The van der Waals surface area contributed by atoms with Gasteiger partial charge in [-0.3, -0.25) is 4.79 Å². The number of carbonyl (C=O) groups is 1. The van der Waals surface area contributed by atoms with Crippen molar-refractivity contribution in [3.05, 3.63) is 11.9 Å². The van der Waals surface area contributed by atoms with Crippen LogP contribution in [-0.4, -0.2) is 39.6 Å². The zero-order valence-electron chi connectivity index (χ0n) is 12.7. The van der Waals surface area contributed by atoms with Gasteiger partial charge in [0.25, 0.3) is 0 Å². The van der Waals surface area contributed by atoms with Gasteiger partial charge in [0.05, 0.1) is 5.75 Å². The maximum atomic E-state index is 10.7. The molecule has 1 saturated carbocycles. The molecule has 0 atom stereocenters. The van der Waals surface area contributed by atoms with E-state index in [2.05, 4.69) is 23.4 Å². The monoisotopic (exact) mass is 312 g/mol. The third kappa shape index (κ3) is 5.36. The maximum Gasteiger partial charge on any atom is 0.313 e. The molecule has 1 fully saturated rings. The first kappa shape index (κ1) is 16.4. The molecule has 6 heteroatoms. The van der Waals surface area contributed by atoms with Gasteiger partial charge in [-0.2, -0.15) is 0 Å². The van der Waals surface area contributed by atoms with Gasteiger partial charge >= 0.3 is 5.97 Å². The highest BCUT2D eigenvalue weighted by atomic mass is 32.2. The molecular weight excluding hydrogens is 288 g/mol. The molecule has 0 spiro atoms. The minimum Gasteiger partial charge on any atom is -0.481 e. The fourth-order valence-corrected chi connectivity index (χ4v) is 2.89. The standard InChI is InChI=1S/C15H24N2O3S/c1-11(2)13-8-16-15(21-10-14(18)19)17(13)6-3-7-20-9-12-4-5-12/h8,11-12H,3-7,9-10H2,1-2H3,(H,18,19). The Morgan fingerprint density at radius 3 is 2.95 bits per heavy atom. The van der Waals surface area contributed by atoms with Crippen LogP contribution in [0.25, 0.3) is 0 Å². The summed E-state index contributed by atoms with van der Waals surface area (Å²) in [5.41, 5.74) is 1.16. The van der Waals surface area contributed by atoms with Gasteiger partial charge in [-0.1, -0.05) is 25.6 Å². The Morgan fingerprint density at radius 2 is 2.33 bits per heavy atom. The van der Waals surface area contributed by atoms with Crippen LogP contribution in [0.2, 0.25) is 0 Å². The van der Waals surface area contributed by atoms with Crippen molar-refractivity contribution in [2.45, 2.75) is 50.7 Å². The number of aromatic nitrogens is 2. The number of thioether (sulfide) groups is 1. The van der Waals surface area contributed by atoms with Gasteiger partial charge in [-0.15, -0.1) is 0 Å². The molecule has 1 aliphatic rings. The summed E-state index contributed by atoms with van der Waals surface area (Å²) in [5, 5.41) is 9.60. The van der Waals surface area contributed by atoms with Crippen molar-refractivity contribution in [2.24, 2.45) is 5.92 Å². The van der Waals surface area contributed by atoms with Crippen LogP contribution in [-0.2, 0) is 16.1 Å². The maximum absolute atomic E-state index is 10.7. The predicted octanol–water partition coefficient (Wildman–Crippen LogP) is 3.00. The first-order valence-electron chi connectivity index (χ1n) is 7.55. The van der Waals surface area contributed by atoms with Crippen molar-refractivity contribution in [2.75, 3.05) is 19.0 Å². The number of nitrogens with zero attached hydrogens (tertiary/aromatic N) is 2. The molecule has 0 saturated heterocycles. The second kappa shape index (κ2) is 7.84. The third-order valence-electron chi connectivity index (χ3n) is 3.49. The smallest absolute Gasteiger partial charge is 0.313 e. The summed E-state index contributed by atoms with van der Waals surface area (Å²) in [6, 6.07) is 0.